The highest BCUT2D eigenvalue weighted by molar-refractivity contribution is 5.80. The predicted molar refractivity (Wildman–Crippen MR) is 99.2 cm³/mol. The SMILES string of the molecule is Cc1ccccc1CC(=O)N1CCN(C(=O)CCC2CCCC2)CC1. The number of nitrogens with zero attached hydrogens (tertiary/aromatic N) is 2. The van der Waals surface area contributed by atoms with E-state index in [2.05, 4.69) is 0 Å². The molecule has 1 saturated carbocycles. The Kier molecular flexibility index (Phi) is 6.11. The average molecular weight is 342 g/mol. The lowest BCUT2D eigenvalue weighted by molar-refractivity contribution is -0.139. The molecule has 1 aliphatic carbocycles. The van der Waals surface area contributed by atoms with E-state index in [-0.39, 0.29) is 11.8 Å². The highest BCUT2D eigenvalue weighted by Gasteiger charge is 2.25. The van der Waals surface area contributed by atoms with Gasteiger partial charge in [-0.2, -0.15) is 0 Å². The van der Waals surface area contributed by atoms with Crippen molar-refractivity contribution in [3.63, 3.8) is 0 Å². The summed E-state index contributed by atoms with van der Waals surface area (Å²) in [6, 6.07) is 8.05. The van der Waals surface area contributed by atoms with Crippen molar-refractivity contribution in [2.24, 2.45) is 5.92 Å². The summed E-state index contributed by atoms with van der Waals surface area (Å²) in [6.45, 7) is 4.75. The zero-order valence-electron chi connectivity index (χ0n) is 15.4. The van der Waals surface area contributed by atoms with Gasteiger partial charge in [0.1, 0.15) is 0 Å². The molecule has 1 heterocycles. The number of hydrogen-bond donors (Lipinski definition) is 0. The Morgan fingerprint density at radius 2 is 1.56 bits per heavy atom. The van der Waals surface area contributed by atoms with Gasteiger partial charge in [0.2, 0.25) is 11.8 Å². The van der Waals surface area contributed by atoms with Crippen LogP contribution in [0.3, 0.4) is 0 Å². The minimum absolute atomic E-state index is 0.173. The monoisotopic (exact) mass is 342 g/mol. The molecule has 2 aliphatic rings. The molecule has 0 radical (unpaired) electrons. The number of carbonyl (C=O) groups is 2. The lowest BCUT2D eigenvalue weighted by Gasteiger charge is -2.35. The summed E-state index contributed by atoms with van der Waals surface area (Å²) >= 11 is 0. The van der Waals surface area contributed by atoms with Crippen LogP contribution < -0.4 is 0 Å². The van der Waals surface area contributed by atoms with Crippen LogP contribution in [0, 0.1) is 12.8 Å². The van der Waals surface area contributed by atoms with Crippen molar-refractivity contribution in [2.75, 3.05) is 26.2 Å². The molecule has 2 fully saturated rings. The fourth-order valence-electron chi connectivity index (χ4n) is 4.07. The van der Waals surface area contributed by atoms with Gasteiger partial charge >= 0.3 is 0 Å². The molecule has 1 aliphatic heterocycles. The summed E-state index contributed by atoms with van der Waals surface area (Å²) in [7, 11) is 0. The van der Waals surface area contributed by atoms with Gasteiger partial charge in [-0.3, -0.25) is 9.59 Å². The summed E-state index contributed by atoms with van der Waals surface area (Å²) in [5.74, 6) is 1.21. The van der Waals surface area contributed by atoms with Crippen molar-refractivity contribution in [1.29, 1.82) is 0 Å². The first-order valence-electron chi connectivity index (χ1n) is 9.73. The maximum absolute atomic E-state index is 12.5. The van der Waals surface area contributed by atoms with Gasteiger partial charge in [0.05, 0.1) is 6.42 Å². The minimum Gasteiger partial charge on any atom is -0.339 e. The molecule has 4 nitrogen and oxygen atoms in total. The molecule has 2 amide bonds. The van der Waals surface area contributed by atoms with E-state index in [1.54, 1.807) is 0 Å². The van der Waals surface area contributed by atoms with E-state index < -0.39 is 0 Å². The van der Waals surface area contributed by atoms with Crippen LogP contribution in [-0.4, -0.2) is 47.8 Å². The van der Waals surface area contributed by atoms with Gasteiger partial charge in [-0.1, -0.05) is 49.9 Å². The van der Waals surface area contributed by atoms with Crippen LogP contribution in [-0.2, 0) is 16.0 Å². The minimum atomic E-state index is 0.173. The summed E-state index contributed by atoms with van der Waals surface area (Å²) in [5.41, 5.74) is 2.26. The van der Waals surface area contributed by atoms with Crippen molar-refractivity contribution in [3.8, 4) is 0 Å². The number of amides is 2. The smallest absolute Gasteiger partial charge is 0.227 e. The molecule has 0 spiro atoms. The second kappa shape index (κ2) is 8.50. The van der Waals surface area contributed by atoms with Gasteiger partial charge < -0.3 is 9.80 Å². The number of benzene rings is 1. The van der Waals surface area contributed by atoms with E-state index >= 15 is 0 Å². The van der Waals surface area contributed by atoms with Gasteiger partial charge in [-0.05, 0) is 30.4 Å². The van der Waals surface area contributed by atoms with Crippen LogP contribution in [0.5, 0.6) is 0 Å². The van der Waals surface area contributed by atoms with Crippen LogP contribution in [0.1, 0.15) is 49.7 Å². The molecule has 0 unspecified atom stereocenters. The highest BCUT2D eigenvalue weighted by atomic mass is 16.2. The molecular weight excluding hydrogens is 312 g/mol. The van der Waals surface area contributed by atoms with Crippen LogP contribution in [0.4, 0.5) is 0 Å². The second-order valence-electron chi connectivity index (χ2n) is 7.55. The molecule has 0 atom stereocenters. The summed E-state index contributed by atoms with van der Waals surface area (Å²) in [4.78, 5) is 28.8. The molecule has 1 saturated heterocycles. The first-order chi connectivity index (χ1) is 12.1. The third-order valence-corrected chi connectivity index (χ3v) is 5.83. The molecule has 1 aromatic rings. The van der Waals surface area contributed by atoms with E-state index in [0.717, 1.165) is 23.5 Å². The van der Waals surface area contributed by atoms with Crippen LogP contribution in [0.25, 0.3) is 0 Å². The van der Waals surface area contributed by atoms with Gasteiger partial charge in [-0.25, -0.2) is 0 Å². The predicted octanol–water partition coefficient (Wildman–Crippen LogP) is 3.18. The standard InChI is InChI=1S/C21H30N2O2/c1-17-6-2-5-9-19(17)16-21(25)23-14-12-22(13-15-23)20(24)11-10-18-7-3-4-8-18/h2,5-6,9,18H,3-4,7-8,10-16H2,1H3. The lowest BCUT2D eigenvalue weighted by atomic mass is 10.0. The number of rotatable bonds is 5. The second-order valence-corrected chi connectivity index (χ2v) is 7.55. The molecule has 25 heavy (non-hydrogen) atoms. The summed E-state index contributed by atoms with van der Waals surface area (Å²) in [6.07, 6.45) is 7.46. The fraction of sp³-hybridized carbons (Fsp3) is 0.619. The first-order valence-corrected chi connectivity index (χ1v) is 9.73. The topological polar surface area (TPSA) is 40.6 Å². The van der Waals surface area contributed by atoms with Gasteiger partial charge in [-0.15, -0.1) is 0 Å². The number of carbonyl (C=O) groups excluding carboxylic acids is 2. The summed E-state index contributed by atoms with van der Waals surface area (Å²) < 4.78 is 0. The lowest BCUT2D eigenvalue weighted by Crippen LogP contribution is -2.51. The van der Waals surface area contributed by atoms with E-state index in [9.17, 15) is 9.59 Å². The Balaban J connectivity index is 1.42. The first kappa shape index (κ1) is 18.0. The Bertz CT molecular complexity index is 600. The summed E-state index contributed by atoms with van der Waals surface area (Å²) in [5, 5.41) is 0. The molecule has 0 N–H and O–H groups in total. The number of piperazine rings is 1. The fourth-order valence-corrected chi connectivity index (χ4v) is 4.07. The average Bonchev–Trinajstić information content (AvgIpc) is 3.15. The zero-order valence-corrected chi connectivity index (χ0v) is 15.4. The normalized spacial score (nSPS) is 18.6. The Hall–Kier alpha value is -1.84. The molecule has 1 aromatic carbocycles. The Morgan fingerprint density at radius 3 is 2.20 bits per heavy atom. The van der Waals surface area contributed by atoms with Crippen LogP contribution in [0.2, 0.25) is 0 Å². The van der Waals surface area contributed by atoms with Crippen molar-refractivity contribution >= 4 is 11.8 Å². The third-order valence-electron chi connectivity index (χ3n) is 5.83. The number of hydrogen-bond acceptors (Lipinski definition) is 2. The van der Waals surface area contributed by atoms with Crippen molar-refractivity contribution in [3.05, 3.63) is 35.4 Å². The van der Waals surface area contributed by atoms with E-state index in [1.807, 2.05) is 41.0 Å². The highest BCUT2D eigenvalue weighted by Crippen LogP contribution is 2.28. The Morgan fingerprint density at radius 1 is 0.960 bits per heavy atom. The third kappa shape index (κ3) is 4.83. The molecule has 4 heteroatoms. The van der Waals surface area contributed by atoms with Crippen LogP contribution in [0.15, 0.2) is 24.3 Å². The zero-order chi connectivity index (χ0) is 17.6. The molecule has 3 rings (SSSR count). The maximum atomic E-state index is 12.5. The van der Waals surface area contributed by atoms with E-state index in [0.29, 0.717) is 39.0 Å². The Labute approximate surface area is 151 Å². The van der Waals surface area contributed by atoms with E-state index in [4.69, 9.17) is 0 Å². The van der Waals surface area contributed by atoms with Crippen LogP contribution >= 0.6 is 0 Å². The van der Waals surface area contributed by atoms with E-state index in [1.165, 1.54) is 25.7 Å². The van der Waals surface area contributed by atoms with Crippen molar-refractivity contribution in [1.82, 2.24) is 9.80 Å². The van der Waals surface area contributed by atoms with Gasteiger partial charge in [0.15, 0.2) is 0 Å². The molecular formula is C21H30N2O2. The molecule has 0 bridgehead atoms. The maximum Gasteiger partial charge on any atom is 0.227 e. The molecule has 0 aromatic heterocycles. The quantitative estimate of drug-likeness (QED) is 0.824. The number of aryl methyl sites for hydroxylation is 1. The molecule has 136 valence electrons. The van der Waals surface area contributed by atoms with Crippen molar-refractivity contribution in [2.45, 2.75) is 51.9 Å². The van der Waals surface area contributed by atoms with Gasteiger partial charge in [0, 0.05) is 32.6 Å². The largest absolute Gasteiger partial charge is 0.339 e. The van der Waals surface area contributed by atoms with Crippen molar-refractivity contribution < 1.29 is 9.59 Å². The van der Waals surface area contributed by atoms with Gasteiger partial charge in [0.25, 0.3) is 0 Å².